The molecule has 4 rings (SSSR count). The molecular weight excluding hydrogens is 462 g/mol. The molecule has 1 aromatic heterocycles. The van der Waals surface area contributed by atoms with Crippen LogP contribution in [0.15, 0.2) is 58.9 Å². The molecule has 2 N–H and O–H groups in total. The Kier molecular flexibility index (Phi) is 6.90. The number of carboxylic acids is 1. The Morgan fingerprint density at radius 3 is 2.57 bits per heavy atom. The summed E-state index contributed by atoms with van der Waals surface area (Å²) in [7, 11) is 1.23. The van der Waals surface area contributed by atoms with Gasteiger partial charge < -0.3 is 19.9 Å². The van der Waals surface area contributed by atoms with E-state index < -0.39 is 35.2 Å². The van der Waals surface area contributed by atoms with Gasteiger partial charge in [-0.2, -0.15) is 0 Å². The first-order valence-corrected chi connectivity index (χ1v) is 10.8. The third-order valence-electron chi connectivity index (χ3n) is 6.04. The summed E-state index contributed by atoms with van der Waals surface area (Å²) in [6.07, 6.45) is 1.04. The first-order valence-electron chi connectivity index (χ1n) is 10.8. The number of aromatic nitrogens is 1. The monoisotopic (exact) mass is 486 g/mol. The number of aliphatic carboxylic acids is 1. The summed E-state index contributed by atoms with van der Waals surface area (Å²) in [6.45, 7) is 2.32. The minimum absolute atomic E-state index is 0.00807. The number of rotatable bonds is 6. The lowest BCUT2D eigenvalue weighted by Crippen LogP contribution is -2.53. The second kappa shape index (κ2) is 9.88. The largest absolute Gasteiger partial charge is 0.480 e. The summed E-state index contributed by atoms with van der Waals surface area (Å²) in [5.41, 5.74) is -0.0775. The number of benzene rings is 1. The van der Waals surface area contributed by atoms with Gasteiger partial charge in [0.15, 0.2) is 5.84 Å². The minimum Gasteiger partial charge on any atom is -0.480 e. The van der Waals surface area contributed by atoms with Gasteiger partial charge in [0, 0.05) is 18.8 Å². The highest BCUT2D eigenvalue weighted by molar-refractivity contribution is 6.03. The molecule has 0 saturated carbocycles. The smallest absolute Gasteiger partial charge is 0.338 e. The van der Waals surface area contributed by atoms with Gasteiger partial charge in [0.1, 0.15) is 28.9 Å². The normalized spacial score (nSPS) is 22.9. The number of halogens is 2. The first-order chi connectivity index (χ1) is 16.7. The van der Waals surface area contributed by atoms with Crippen molar-refractivity contribution in [1.29, 1.82) is 0 Å². The fourth-order valence-corrected chi connectivity index (χ4v) is 4.23. The minimum atomic E-state index is -1.35. The highest BCUT2D eigenvalue weighted by atomic mass is 19.1. The highest BCUT2D eigenvalue weighted by Crippen LogP contribution is 2.39. The molecule has 184 valence electrons. The molecule has 9 nitrogen and oxygen atoms in total. The molecule has 0 radical (unpaired) electrons. The molecule has 1 aromatic carbocycles. The summed E-state index contributed by atoms with van der Waals surface area (Å²) in [6, 6.07) is 7.26. The topological polar surface area (TPSA) is 113 Å². The van der Waals surface area contributed by atoms with Crippen LogP contribution in [-0.2, 0) is 24.6 Å². The number of pyridine rings is 1. The van der Waals surface area contributed by atoms with Crippen molar-refractivity contribution in [2.75, 3.05) is 33.4 Å². The number of nitrogens with zero attached hydrogens (tertiary/aromatic N) is 3. The lowest BCUT2D eigenvalue weighted by atomic mass is 9.82. The van der Waals surface area contributed by atoms with Crippen LogP contribution in [0.1, 0.15) is 18.2 Å². The number of aliphatic imine (C=N–C) groups is 1. The Hall–Kier alpha value is -3.70. The molecule has 11 heteroatoms. The molecule has 1 saturated heterocycles. The summed E-state index contributed by atoms with van der Waals surface area (Å²) >= 11 is 0. The summed E-state index contributed by atoms with van der Waals surface area (Å²) < 4.78 is 37.6. The number of carbonyl (C=O) groups excluding carboxylic acids is 1. The molecule has 2 aromatic rings. The number of methoxy groups -OCH3 is 1. The van der Waals surface area contributed by atoms with Gasteiger partial charge in [-0.05, 0) is 36.8 Å². The van der Waals surface area contributed by atoms with Gasteiger partial charge in [-0.3, -0.25) is 9.69 Å². The van der Waals surface area contributed by atoms with Gasteiger partial charge in [-0.25, -0.2) is 23.6 Å². The number of esters is 1. The van der Waals surface area contributed by atoms with Crippen LogP contribution in [0.3, 0.4) is 0 Å². The van der Waals surface area contributed by atoms with E-state index in [-0.39, 0.29) is 24.6 Å². The number of ether oxygens (including phenoxy) is 2. The summed E-state index contributed by atoms with van der Waals surface area (Å²) in [5, 5.41) is 12.8. The van der Waals surface area contributed by atoms with Crippen LogP contribution in [0.5, 0.6) is 0 Å². The van der Waals surface area contributed by atoms with Gasteiger partial charge >= 0.3 is 11.9 Å². The van der Waals surface area contributed by atoms with E-state index in [1.54, 1.807) is 11.8 Å². The molecule has 1 unspecified atom stereocenters. The highest BCUT2D eigenvalue weighted by Gasteiger charge is 2.43. The van der Waals surface area contributed by atoms with E-state index in [1.165, 1.54) is 43.5 Å². The lowest BCUT2D eigenvalue weighted by Gasteiger charge is -2.38. The van der Waals surface area contributed by atoms with Crippen LogP contribution in [-0.4, -0.2) is 72.2 Å². The third-order valence-corrected chi connectivity index (χ3v) is 6.04. The number of amidine groups is 1. The average molecular weight is 486 g/mol. The standard InChI is InChI=1S/C24H24F2N4O5/c1-24(14-3-5-15(25)6-4-14)20(23(33)34-2)18(12-30-9-10-35-13-19(30)22(31)32)28-21(29-24)17-8-7-16(26)11-27-17/h3-8,11,19H,9-10,12-13H2,1-2H3,(H,28,29)(H,31,32)/t19-,24?/m0/s1. The van der Waals surface area contributed by atoms with E-state index >= 15 is 0 Å². The number of carboxylic acid groups (broad SMARTS) is 1. The molecular formula is C24H24F2N4O5. The van der Waals surface area contributed by atoms with Crippen molar-refractivity contribution in [3.05, 3.63) is 76.8 Å². The molecule has 0 amide bonds. The quantitative estimate of drug-likeness (QED) is 0.595. The Balaban J connectivity index is 1.87. The molecule has 1 fully saturated rings. The van der Waals surface area contributed by atoms with E-state index in [0.29, 0.717) is 30.1 Å². The Morgan fingerprint density at radius 1 is 1.23 bits per heavy atom. The number of morpholine rings is 1. The van der Waals surface area contributed by atoms with Gasteiger partial charge in [-0.1, -0.05) is 12.1 Å². The van der Waals surface area contributed by atoms with E-state index in [4.69, 9.17) is 14.5 Å². The van der Waals surface area contributed by atoms with Crippen LogP contribution >= 0.6 is 0 Å². The van der Waals surface area contributed by atoms with Crippen molar-refractivity contribution in [2.24, 2.45) is 4.99 Å². The third kappa shape index (κ3) is 4.91. The van der Waals surface area contributed by atoms with Crippen molar-refractivity contribution >= 4 is 17.8 Å². The average Bonchev–Trinajstić information content (AvgIpc) is 2.84. The number of hydrogen-bond donors (Lipinski definition) is 2. The number of hydrogen-bond acceptors (Lipinski definition) is 8. The van der Waals surface area contributed by atoms with Gasteiger partial charge in [0.05, 0.1) is 32.1 Å². The molecule has 0 spiro atoms. The van der Waals surface area contributed by atoms with Crippen LogP contribution in [0.4, 0.5) is 8.78 Å². The fraction of sp³-hybridized carbons (Fsp3) is 0.333. The zero-order valence-corrected chi connectivity index (χ0v) is 19.1. The maximum atomic E-state index is 13.7. The molecule has 0 aliphatic carbocycles. The van der Waals surface area contributed by atoms with Gasteiger partial charge in [-0.15, -0.1) is 0 Å². The molecule has 2 atom stereocenters. The number of carbonyl (C=O) groups is 2. The molecule has 2 aliphatic rings. The fourth-order valence-electron chi connectivity index (χ4n) is 4.23. The second-order valence-corrected chi connectivity index (χ2v) is 8.27. The van der Waals surface area contributed by atoms with E-state index in [2.05, 4.69) is 10.3 Å². The zero-order chi connectivity index (χ0) is 25.2. The van der Waals surface area contributed by atoms with Crippen molar-refractivity contribution in [3.8, 4) is 0 Å². The lowest BCUT2D eigenvalue weighted by molar-refractivity contribution is -0.149. The van der Waals surface area contributed by atoms with Gasteiger partial charge in [0.25, 0.3) is 0 Å². The molecule has 0 bridgehead atoms. The van der Waals surface area contributed by atoms with Crippen LogP contribution in [0.2, 0.25) is 0 Å². The van der Waals surface area contributed by atoms with Crippen molar-refractivity contribution < 1.29 is 33.0 Å². The van der Waals surface area contributed by atoms with E-state index in [9.17, 15) is 23.5 Å². The Labute approximate surface area is 200 Å². The maximum Gasteiger partial charge on any atom is 0.338 e. The van der Waals surface area contributed by atoms with Crippen LogP contribution < -0.4 is 5.32 Å². The van der Waals surface area contributed by atoms with Crippen LogP contribution in [0.25, 0.3) is 0 Å². The Bertz CT molecular complexity index is 1180. The Morgan fingerprint density at radius 2 is 1.94 bits per heavy atom. The predicted octanol–water partition coefficient (Wildman–Crippen LogP) is 1.84. The maximum absolute atomic E-state index is 13.7. The van der Waals surface area contributed by atoms with E-state index in [1.807, 2.05) is 0 Å². The SMILES string of the molecule is COC(=O)C1=C(CN2CCOC[C@H]2C(=O)O)NC(c2ccc(F)cn2)=NC1(C)c1ccc(F)cc1. The van der Waals surface area contributed by atoms with Crippen molar-refractivity contribution in [1.82, 2.24) is 15.2 Å². The predicted molar refractivity (Wildman–Crippen MR) is 120 cm³/mol. The number of nitrogens with one attached hydrogen (secondary N) is 1. The zero-order valence-electron chi connectivity index (χ0n) is 19.1. The molecule has 2 aliphatic heterocycles. The summed E-state index contributed by atoms with van der Waals surface area (Å²) in [4.78, 5) is 35.4. The first kappa shape index (κ1) is 24.4. The van der Waals surface area contributed by atoms with E-state index in [0.717, 1.165) is 6.20 Å². The molecule has 3 heterocycles. The summed E-state index contributed by atoms with van der Waals surface area (Å²) in [5.74, 6) is -2.50. The van der Waals surface area contributed by atoms with Crippen molar-refractivity contribution in [2.45, 2.75) is 18.5 Å². The van der Waals surface area contributed by atoms with Crippen molar-refractivity contribution in [3.63, 3.8) is 0 Å². The van der Waals surface area contributed by atoms with Gasteiger partial charge in [0.2, 0.25) is 0 Å². The molecule has 35 heavy (non-hydrogen) atoms. The van der Waals surface area contributed by atoms with Crippen LogP contribution in [0, 0.1) is 11.6 Å². The second-order valence-electron chi connectivity index (χ2n) is 8.27.